The second-order valence-corrected chi connectivity index (χ2v) is 9.05. The number of hydrogen-bond acceptors (Lipinski definition) is 6. The van der Waals surface area contributed by atoms with Crippen molar-refractivity contribution < 1.29 is 19.4 Å². The van der Waals surface area contributed by atoms with Crippen LogP contribution >= 0.6 is 34.8 Å². The van der Waals surface area contributed by atoms with E-state index in [0.29, 0.717) is 19.3 Å². The van der Waals surface area contributed by atoms with Gasteiger partial charge in [-0.3, -0.25) is 25.0 Å². The zero-order chi connectivity index (χ0) is 19.9. The molecule has 0 amide bonds. The number of carbonyl (C=O) groups is 1. The van der Waals surface area contributed by atoms with Gasteiger partial charge >= 0.3 is 0 Å². The van der Waals surface area contributed by atoms with Crippen molar-refractivity contribution in [3.8, 4) is 5.75 Å². The second kappa shape index (κ2) is 7.41. The maximum Gasteiger partial charge on any atom is 0.269 e. The smallest absolute Gasteiger partial charge is 0.269 e. The normalized spacial score (nSPS) is 28.2. The van der Waals surface area contributed by atoms with Crippen LogP contribution in [0.25, 0.3) is 0 Å². The summed E-state index contributed by atoms with van der Waals surface area (Å²) in [6.45, 7) is 0. The van der Waals surface area contributed by atoms with E-state index in [-0.39, 0.29) is 22.8 Å². The molecular weight excluding hydrogens is 423 g/mol. The van der Waals surface area contributed by atoms with Gasteiger partial charge in [-0.1, -0.05) is 41.2 Å². The molecule has 3 rings (SSSR count). The molecule has 11 heteroatoms. The number of fused-ring (bicyclic) bond motifs is 1. The summed E-state index contributed by atoms with van der Waals surface area (Å²) in [5.41, 5.74) is -0.0170. The monoisotopic (exact) mass is 436 g/mol. The van der Waals surface area contributed by atoms with Crippen LogP contribution in [0.5, 0.6) is 5.75 Å². The molecule has 0 aromatic heterocycles. The molecular formula is C16H15Cl3N2O6. The molecule has 0 saturated heterocycles. The van der Waals surface area contributed by atoms with E-state index in [4.69, 9.17) is 39.5 Å². The number of ether oxygens (including phenoxy) is 1. The zero-order valence-corrected chi connectivity index (χ0v) is 16.1. The number of nitrogens with zero attached hydrogens (tertiary/aromatic N) is 2. The topological polar surface area (TPSA) is 113 Å². The fourth-order valence-electron chi connectivity index (χ4n) is 3.94. The SMILES string of the molecule is O=C1CCCC[C@H]1[C@@H]1c2cc([N+](=O)[O-])ccc2O[C@@H](C(Cl)(Cl)Cl)[C@@H]1[N+](=O)[O-]. The summed E-state index contributed by atoms with van der Waals surface area (Å²) in [5.74, 6) is -1.63. The Labute approximate surface area is 169 Å². The molecule has 4 atom stereocenters. The van der Waals surface area contributed by atoms with E-state index in [1.807, 2.05) is 0 Å². The van der Waals surface area contributed by atoms with Gasteiger partial charge in [0.25, 0.3) is 11.7 Å². The number of ketones is 1. The van der Waals surface area contributed by atoms with E-state index in [1.165, 1.54) is 18.2 Å². The molecule has 2 aliphatic rings. The first-order valence-electron chi connectivity index (χ1n) is 8.29. The number of nitro groups is 2. The van der Waals surface area contributed by atoms with Gasteiger partial charge in [-0.05, 0) is 18.9 Å². The predicted molar refractivity (Wildman–Crippen MR) is 98.3 cm³/mol. The average Bonchev–Trinajstić information content (AvgIpc) is 2.59. The van der Waals surface area contributed by atoms with E-state index in [2.05, 4.69) is 0 Å². The van der Waals surface area contributed by atoms with Crippen molar-refractivity contribution in [1.29, 1.82) is 0 Å². The molecule has 146 valence electrons. The molecule has 8 nitrogen and oxygen atoms in total. The summed E-state index contributed by atoms with van der Waals surface area (Å²) in [7, 11) is 0. The summed E-state index contributed by atoms with van der Waals surface area (Å²) in [4.78, 5) is 34.4. The molecule has 1 aromatic carbocycles. The fourth-order valence-corrected chi connectivity index (χ4v) is 4.46. The molecule has 0 radical (unpaired) electrons. The molecule has 1 aliphatic carbocycles. The lowest BCUT2D eigenvalue weighted by Gasteiger charge is -2.40. The van der Waals surface area contributed by atoms with Gasteiger partial charge in [-0.2, -0.15) is 0 Å². The third-order valence-corrected chi connectivity index (χ3v) is 5.74. The Bertz CT molecular complexity index is 797. The summed E-state index contributed by atoms with van der Waals surface area (Å²) in [6, 6.07) is 2.22. The number of rotatable bonds is 3. The van der Waals surface area contributed by atoms with Crippen molar-refractivity contribution in [2.75, 3.05) is 0 Å². The van der Waals surface area contributed by atoms with E-state index in [0.717, 1.165) is 6.42 Å². The molecule has 1 fully saturated rings. The van der Waals surface area contributed by atoms with Crippen LogP contribution in [0.2, 0.25) is 0 Å². The number of alkyl halides is 3. The van der Waals surface area contributed by atoms with Gasteiger partial charge in [-0.15, -0.1) is 0 Å². The van der Waals surface area contributed by atoms with Gasteiger partial charge in [0.2, 0.25) is 9.90 Å². The van der Waals surface area contributed by atoms with Crippen molar-refractivity contribution in [1.82, 2.24) is 0 Å². The summed E-state index contributed by atoms with van der Waals surface area (Å²) in [5, 5.41) is 23.1. The minimum Gasteiger partial charge on any atom is -0.478 e. The van der Waals surface area contributed by atoms with Crippen LogP contribution in [-0.4, -0.2) is 31.6 Å². The third kappa shape index (κ3) is 3.83. The molecule has 1 aliphatic heterocycles. The third-order valence-electron chi connectivity index (χ3n) is 5.10. The number of halogens is 3. The number of carbonyl (C=O) groups excluding carboxylic acids is 1. The first-order chi connectivity index (χ1) is 12.6. The lowest BCUT2D eigenvalue weighted by molar-refractivity contribution is -0.540. The number of non-ortho nitro benzene ring substituents is 1. The highest BCUT2D eigenvalue weighted by molar-refractivity contribution is 6.68. The molecule has 1 saturated carbocycles. The number of nitro benzene ring substituents is 1. The molecule has 27 heavy (non-hydrogen) atoms. The van der Waals surface area contributed by atoms with Gasteiger partial charge in [0.05, 0.1) is 10.8 Å². The lowest BCUT2D eigenvalue weighted by Crippen LogP contribution is -2.54. The maximum atomic E-state index is 12.6. The van der Waals surface area contributed by atoms with E-state index in [1.54, 1.807) is 0 Å². The summed E-state index contributed by atoms with van der Waals surface area (Å²) >= 11 is 17.8. The highest BCUT2D eigenvalue weighted by atomic mass is 35.6. The van der Waals surface area contributed by atoms with Gasteiger partial charge in [0, 0.05) is 35.0 Å². The average molecular weight is 438 g/mol. The van der Waals surface area contributed by atoms with Crippen LogP contribution in [-0.2, 0) is 4.79 Å². The minimum atomic E-state index is -2.12. The van der Waals surface area contributed by atoms with Crippen LogP contribution in [0.4, 0.5) is 5.69 Å². The van der Waals surface area contributed by atoms with Crippen molar-refractivity contribution in [3.05, 3.63) is 44.0 Å². The molecule has 0 N–H and O–H groups in total. The Hall–Kier alpha value is -1.64. The quantitative estimate of drug-likeness (QED) is 0.397. The van der Waals surface area contributed by atoms with Crippen molar-refractivity contribution in [3.63, 3.8) is 0 Å². The van der Waals surface area contributed by atoms with E-state index < -0.39 is 37.6 Å². The Balaban J connectivity index is 2.19. The standard InChI is InChI=1S/C16H15Cl3N2O6/c17-16(18,19)15-14(21(25)26)13(9-3-1-2-4-11(9)22)10-7-8(20(23)24)5-6-12(10)27-15/h5-7,9,13-15H,1-4H2/t9-,13-,14-,15-/m1/s1. The summed E-state index contributed by atoms with van der Waals surface area (Å²) in [6.07, 6.45) is 0.724. The van der Waals surface area contributed by atoms with E-state index in [9.17, 15) is 25.0 Å². The highest BCUT2D eigenvalue weighted by Gasteiger charge is 2.58. The summed E-state index contributed by atoms with van der Waals surface area (Å²) < 4.78 is 3.47. The molecule has 0 unspecified atom stereocenters. The molecule has 0 spiro atoms. The highest BCUT2D eigenvalue weighted by Crippen LogP contribution is 2.50. The van der Waals surface area contributed by atoms with Gasteiger partial charge in [0.1, 0.15) is 11.5 Å². The van der Waals surface area contributed by atoms with Crippen molar-refractivity contribution >= 4 is 46.3 Å². The fraction of sp³-hybridized carbons (Fsp3) is 0.562. The molecule has 1 aromatic rings. The van der Waals surface area contributed by atoms with E-state index >= 15 is 0 Å². The Morgan fingerprint density at radius 3 is 2.41 bits per heavy atom. The van der Waals surface area contributed by atoms with Crippen LogP contribution in [0.3, 0.4) is 0 Å². The van der Waals surface area contributed by atoms with Crippen LogP contribution in [0, 0.1) is 26.1 Å². The van der Waals surface area contributed by atoms with Crippen molar-refractivity contribution in [2.24, 2.45) is 5.92 Å². The van der Waals surface area contributed by atoms with Crippen LogP contribution in [0.15, 0.2) is 18.2 Å². The number of benzene rings is 1. The zero-order valence-electron chi connectivity index (χ0n) is 13.8. The predicted octanol–water partition coefficient (Wildman–Crippen LogP) is 4.21. The molecule has 0 bridgehead atoms. The largest absolute Gasteiger partial charge is 0.478 e. The van der Waals surface area contributed by atoms with Crippen LogP contribution in [0.1, 0.15) is 37.2 Å². The van der Waals surface area contributed by atoms with Gasteiger partial charge in [0.15, 0.2) is 0 Å². The van der Waals surface area contributed by atoms with Crippen molar-refractivity contribution in [2.45, 2.75) is 47.5 Å². The first kappa shape index (κ1) is 20.1. The minimum absolute atomic E-state index is 0.125. The maximum absolute atomic E-state index is 12.6. The Morgan fingerprint density at radius 2 is 1.85 bits per heavy atom. The van der Waals surface area contributed by atoms with Crippen LogP contribution < -0.4 is 4.74 Å². The number of hydrogen-bond donors (Lipinski definition) is 0. The Kier molecular flexibility index (Phi) is 5.52. The van der Waals surface area contributed by atoms with Gasteiger partial charge in [-0.25, -0.2) is 0 Å². The molecule has 1 heterocycles. The second-order valence-electron chi connectivity index (χ2n) is 6.68. The Morgan fingerprint density at radius 1 is 1.15 bits per heavy atom. The lowest BCUT2D eigenvalue weighted by atomic mass is 9.70. The number of Topliss-reactive ketones (excluding diaryl/α,β-unsaturated/α-hetero) is 1. The first-order valence-corrected chi connectivity index (χ1v) is 9.42. The van der Waals surface area contributed by atoms with Gasteiger partial charge < -0.3 is 4.74 Å².